The summed E-state index contributed by atoms with van der Waals surface area (Å²) >= 11 is 12.1. The fraction of sp³-hybridized carbons (Fsp3) is 0.250. The summed E-state index contributed by atoms with van der Waals surface area (Å²) in [6.45, 7) is 0. The van der Waals surface area contributed by atoms with Gasteiger partial charge in [0.05, 0.1) is 21.5 Å². The number of carbonyl (C=O) groups is 1. The summed E-state index contributed by atoms with van der Waals surface area (Å²) in [4.78, 5) is 13.7. The summed E-state index contributed by atoms with van der Waals surface area (Å²) in [5.74, 6) is -0.687. The van der Waals surface area contributed by atoms with Gasteiger partial charge in [-0.25, -0.2) is 0 Å². The van der Waals surface area contributed by atoms with E-state index in [0.29, 0.717) is 27.7 Å². The van der Waals surface area contributed by atoms with Crippen molar-refractivity contribution >= 4 is 40.1 Å². The minimum atomic E-state index is -0.828. The average molecular weight is 286 g/mol. The van der Waals surface area contributed by atoms with E-state index in [-0.39, 0.29) is 6.10 Å². The molecule has 2 aromatic rings. The van der Waals surface area contributed by atoms with Gasteiger partial charge in [0.25, 0.3) is 0 Å². The molecule has 1 fully saturated rings. The first-order valence-electron chi connectivity index (χ1n) is 5.42. The number of aromatic amines is 1. The largest absolute Gasteiger partial charge is 0.489 e. The van der Waals surface area contributed by atoms with Crippen molar-refractivity contribution in [2.75, 3.05) is 0 Å². The highest BCUT2D eigenvalue weighted by Crippen LogP contribution is 2.41. The van der Waals surface area contributed by atoms with Crippen molar-refractivity contribution in [3.63, 3.8) is 0 Å². The molecule has 1 aliphatic carbocycles. The number of hydrogen-bond acceptors (Lipinski definition) is 2. The molecule has 0 amide bonds. The summed E-state index contributed by atoms with van der Waals surface area (Å²) in [7, 11) is 0. The Morgan fingerprint density at radius 2 is 2.28 bits per heavy atom. The van der Waals surface area contributed by atoms with Crippen molar-refractivity contribution in [2.45, 2.75) is 12.5 Å². The van der Waals surface area contributed by atoms with Crippen LogP contribution in [0.1, 0.15) is 6.42 Å². The molecule has 18 heavy (non-hydrogen) atoms. The van der Waals surface area contributed by atoms with Crippen LogP contribution in [0.5, 0.6) is 5.75 Å². The van der Waals surface area contributed by atoms with E-state index in [9.17, 15) is 4.79 Å². The van der Waals surface area contributed by atoms with E-state index in [1.807, 2.05) is 6.07 Å². The lowest BCUT2D eigenvalue weighted by atomic mass is 10.2. The van der Waals surface area contributed by atoms with Crippen LogP contribution >= 0.6 is 23.2 Å². The number of ether oxygens (including phenoxy) is 1. The molecule has 1 aromatic heterocycles. The molecule has 2 atom stereocenters. The minimum Gasteiger partial charge on any atom is -0.489 e. The molecule has 1 aromatic carbocycles. The molecule has 4 nitrogen and oxygen atoms in total. The van der Waals surface area contributed by atoms with Gasteiger partial charge in [-0.1, -0.05) is 23.2 Å². The highest BCUT2D eigenvalue weighted by Gasteiger charge is 2.46. The lowest BCUT2D eigenvalue weighted by Gasteiger charge is -2.08. The van der Waals surface area contributed by atoms with Gasteiger partial charge in [-0.2, -0.15) is 0 Å². The number of carboxylic acid groups (broad SMARTS) is 1. The van der Waals surface area contributed by atoms with Crippen LogP contribution in [-0.2, 0) is 4.79 Å². The van der Waals surface area contributed by atoms with Crippen LogP contribution in [0, 0.1) is 5.92 Å². The van der Waals surface area contributed by atoms with E-state index in [2.05, 4.69) is 4.98 Å². The maximum Gasteiger partial charge on any atom is 0.310 e. The van der Waals surface area contributed by atoms with Crippen LogP contribution < -0.4 is 4.74 Å². The molecule has 0 radical (unpaired) electrons. The third-order valence-electron chi connectivity index (χ3n) is 3.03. The van der Waals surface area contributed by atoms with Crippen LogP contribution in [0.15, 0.2) is 18.3 Å². The number of rotatable bonds is 3. The molecule has 6 heteroatoms. The molecular formula is C12H9Cl2NO3. The van der Waals surface area contributed by atoms with E-state index in [1.54, 1.807) is 12.3 Å². The molecule has 0 spiro atoms. The number of aliphatic carboxylic acids is 1. The fourth-order valence-electron chi connectivity index (χ4n) is 1.95. The third kappa shape index (κ3) is 1.82. The molecule has 1 aliphatic rings. The Bertz CT molecular complexity index is 638. The maximum atomic E-state index is 10.8. The Morgan fingerprint density at radius 3 is 2.94 bits per heavy atom. The van der Waals surface area contributed by atoms with Crippen molar-refractivity contribution in [3.8, 4) is 5.75 Å². The number of fused-ring (bicyclic) bond motifs is 1. The zero-order valence-electron chi connectivity index (χ0n) is 9.11. The molecule has 0 bridgehead atoms. The minimum absolute atomic E-state index is 0.280. The highest BCUT2D eigenvalue weighted by atomic mass is 35.5. The number of nitrogens with one attached hydrogen (secondary N) is 1. The summed E-state index contributed by atoms with van der Waals surface area (Å²) < 4.78 is 5.66. The summed E-state index contributed by atoms with van der Waals surface area (Å²) in [6, 6.07) is 3.45. The van der Waals surface area contributed by atoms with Crippen molar-refractivity contribution in [1.82, 2.24) is 4.98 Å². The molecule has 94 valence electrons. The predicted octanol–water partition coefficient (Wildman–Crippen LogP) is 3.33. The number of carboxylic acids is 1. The van der Waals surface area contributed by atoms with Gasteiger partial charge >= 0.3 is 5.97 Å². The molecule has 2 unspecified atom stereocenters. The monoisotopic (exact) mass is 285 g/mol. The number of halogens is 2. The van der Waals surface area contributed by atoms with Crippen molar-refractivity contribution in [3.05, 3.63) is 28.4 Å². The Labute approximate surface area is 112 Å². The summed E-state index contributed by atoms with van der Waals surface area (Å²) in [6.07, 6.45) is 1.99. The summed E-state index contributed by atoms with van der Waals surface area (Å²) in [5, 5.41) is 10.5. The average Bonchev–Trinajstić information content (AvgIpc) is 2.91. The second-order valence-corrected chi connectivity index (χ2v) is 5.06. The fourth-order valence-corrected chi connectivity index (χ4v) is 2.36. The molecule has 1 saturated carbocycles. The topological polar surface area (TPSA) is 62.3 Å². The SMILES string of the molecule is O=C(O)C1CC1Oc1cc(Cl)c(Cl)c2[nH]ccc12. The first-order valence-corrected chi connectivity index (χ1v) is 6.18. The van der Waals surface area contributed by atoms with E-state index in [0.717, 1.165) is 5.39 Å². The number of hydrogen-bond donors (Lipinski definition) is 2. The van der Waals surface area contributed by atoms with Gasteiger partial charge in [-0.05, 0) is 6.07 Å². The number of benzene rings is 1. The van der Waals surface area contributed by atoms with Gasteiger partial charge in [0, 0.05) is 24.1 Å². The maximum absolute atomic E-state index is 10.8. The number of aromatic nitrogens is 1. The predicted molar refractivity (Wildman–Crippen MR) is 68.5 cm³/mol. The molecule has 0 saturated heterocycles. The first kappa shape index (κ1) is 11.7. The van der Waals surface area contributed by atoms with Gasteiger partial charge in [0.2, 0.25) is 0 Å². The molecule has 1 heterocycles. The molecule has 3 rings (SSSR count). The smallest absolute Gasteiger partial charge is 0.310 e. The summed E-state index contributed by atoms with van der Waals surface area (Å²) in [5.41, 5.74) is 0.701. The van der Waals surface area contributed by atoms with Gasteiger partial charge in [0.15, 0.2) is 0 Å². The quantitative estimate of drug-likeness (QED) is 0.909. The van der Waals surface area contributed by atoms with Gasteiger partial charge in [0.1, 0.15) is 11.9 Å². The standard InChI is InChI=1S/C12H9Cl2NO3/c13-7-4-9(18-8-3-6(8)12(16)17)5-1-2-15-11(5)10(7)14/h1-2,4,6,8,15H,3H2,(H,16,17). The second kappa shape index (κ2) is 4.07. The zero-order valence-corrected chi connectivity index (χ0v) is 10.6. The molecule has 2 N–H and O–H groups in total. The van der Waals surface area contributed by atoms with Gasteiger partial charge in [-0.15, -0.1) is 0 Å². The molecular weight excluding hydrogens is 277 g/mol. The van der Waals surface area contributed by atoms with Crippen molar-refractivity contribution in [1.29, 1.82) is 0 Å². The van der Waals surface area contributed by atoms with Crippen LogP contribution in [0.25, 0.3) is 10.9 Å². The lowest BCUT2D eigenvalue weighted by molar-refractivity contribution is -0.139. The second-order valence-electron chi connectivity index (χ2n) is 4.27. The van der Waals surface area contributed by atoms with Crippen LogP contribution in [0.4, 0.5) is 0 Å². The van der Waals surface area contributed by atoms with Gasteiger partial charge < -0.3 is 14.8 Å². The van der Waals surface area contributed by atoms with E-state index >= 15 is 0 Å². The number of H-pyrrole nitrogens is 1. The Kier molecular flexibility index (Phi) is 2.64. The van der Waals surface area contributed by atoms with E-state index < -0.39 is 11.9 Å². The van der Waals surface area contributed by atoms with Crippen molar-refractivity contribution < 1.29 is 14.6 Å². The Balaban J connectivity index is 1.95. The van der Waals surface area contributed by atoms with Crippen LogP contribution in [0.2, 0.25) is 10.0 Å². The third-order valence-corrected chi connectivity index (χ3v) is 3.81. The molecule has 0 aliphatic heterocycles. The highest BCUT2D eigenvalue weighted by molar-refractivity contribution is 6.45. The zero-order chi connectivity index (χ0) is 12.9. The normalized spacial score (nSPS) is 22.1. The Morgan fingerprint density at radius 1 is 1.50 bits per heavy atom. The first-order chi connectivity index (χ1) is 8.58. The van der Waals surface area contributed by atoms with E-state index in [4.69, 9.17) is 33.0 Å². The lowest BCUT2D eigenvalue weighted by Crippen LogP contribution is -2.07. The van der Waals surface area contributed by atoms with Gasteiger partial charge in [-0.3, -0.25) is 4.79 Å². The van der Waals surface area contributed by atoms with Crippen LogP contribution in [0.3, 0.4) is 0 Å². The Hall–Kier alpha value is -1.39. The van der Waals surface area contributed by atoms with E-state index in [1.165, 1.54) is 0 Å². The van der Waals surface area contributed by atoms with Crippen molar-refractivity contribution in [2.24, 2.45) is 5.92 Å². The van der Waals surface area contributed by atoms with Crippen LogP contribution in [-0.4, -0.2) is 22.2 Å².